The Labute approximate surface area is 111 Å². The normalized spacial score (nSPS) is 15.7. The number of nitrogens with zero attached hydrogens (tertiary/aromatic N) is 2. The van der Waals surface area contributed by atoms with Crippen LogP contribution in [0.3, 0.4) is 0 Å². The number of carbonyl (C=O) groups excluding carboxylic acids is 1. The molecule has 2 N–H and O–H groups in total. The van der Waals surface area contributed by atoms with Crippen molar-refractivity contribution in [1.29, 1.82) is 0 Å². The molecule has 0 aliphatic carbocycles. The third-order valence-corrected chi connectivity index (χ3v) is 3.34. The Morgan fingerprint density at radius 3 is 2.74 bits per heavy atom. The van der Waals surface area contributed by atoms with Crippen molar-refractivity contribution in [2.24, 2.45) is 5.73 Å². The van der Waals surface area contributed by atoms with Crippen molar-refractivity contribution in [3.8, 4) is 0 Å². The predicted octanol–water partition coefficient (Wildman–Crippen LogP) is 1.17. The van der Waals surface area contributed by atoms with Gasteiger partial charge in [0.2, 0.25) is 0 Å². The Morgan fingerprint density at radius 2 is 2.00 bits per heavy atom. The van der Waals surface area contributed by atoms with Gasteiger partial charge in [-0.25, -0.2) is 0 Å². The number of primary amides is 1. The zero-order valence-electron chi connectivity index (χ0n) is 10.5. The first-order valence-electron chi connectivity index (χ1n) is 6.27. The van der Waals surface area contributed by atoms with Gasteiger partial charge < -0.3 is 15.4 Å². The quantitative estimate of drug-likeness (QED) is 0.877. The van der Waals surface area contributed by atoms with Gasteiger partial charge in [-0.05, 0) is 6.07 Å². The first kappa shape index (κ1) is 11.9. The van der Waals surface area contributed by atoms with E-state index in [-0.39, 0.29) is 0 Å². The average molecular weight is 257 g/mol. The van der Waals surface area contributed by atoms with Crippen LogP contribution in [-0.2, 0) is 4.74 Å². The van der Waals surface area contributed by atoms with Crippen LogP contribution in [0.4, 0.5) is 5.69 Å². The molecule has 1 aromatic carbocycles. The van der Waals surface area contributed by atoms with Crippen LogP contribution in [0.2, 0.25) is 0 Å². The van der Waals surface area contributed by atoms with Crippen molar-refractivity contribution in [2.45, 2.75) is 0 Å². The van der Waals surface area contributed by atoms with E-state index in [0.717, 1.165) is 29.7 Å². The third kappa shape index (κ3) is 2.13. The minimum atomic E-state index is -0.445. The van der Waals surface area contributed by atoms with Gasteiger partial charge in [-0.15, -0.1) is 0 Å². The van der Waals surface area contributed by atoms with E-state index in [1.54, 1.807) is 6.20 Å². The van der Waals surface area contributed by atoms with Crippen LogP contribution >= 0.6 is 0 Å². The topological polar surface area (TPSA) is 68.5 Å². The summed E-state index contributed by atoms with van der Waals surface area (Å²) < 4.78 is 5.36. The molecule has 2 heterocycles. The first-order chi connectivity index (χ1) is 9.27. The molecule has 1 aliphatic rings. The van der Waals surface area contributed by atoms with Crippen molar-refractivity contribution < 1.29 is 9.53 Å². The molecule has 0 spiro atoms. The second-order valence-corrected chi connectivity index (χ2v) is 4.50. The summed E-state index contributed by atoms with van der Waals surface area (Å²) in [5.74, 6) is -0.445. The zero-order valence-corrected chi connectivity index (χ0v) is 10.5. The summed E-state index contributed by atoms with van der Waals surface area (Å²) in [6.07, 6.45) is 1.56. The number of benzene rings is 1. The molecule has 19 heavy (non-hydrogen) atoms. The van der Waals surface area contributed by atoms with Crippen LogP contribution in [0.1, 0.15) is 10.4 Å². The summed E-state index contributed by atoms with van der Waals surface area (Å²) in [5.41, 5.74) is 7.69. The molecule has 0 saturated carbocycles. The van der Waals surface area contributed by atoms with Gasteiger partial charge in [0.1, 0.15) is 0 Å². The fraction of sp³-hybridized carbons (Fsp3) is 0.286. The molecule has 1 fully saturated rings. The lowest BCUT2D eigenvalue weighted by atomic mass is 10.1. The fourth-order valence-corrected chi connectivity index (χ4v) is 2.43. The van der Waals surface area contributed by atoms with Crippen molar-refractivity contribution in [3.63, 3.8) is 0 Å². The molecule has 1 aliphatic heterocycles. The van der Waals surface area contributed by atoms with E-state index in [1.165, 1.54) is 0 Å². The zero-order chi connectivity index (χ0) is 13.2. The number of fused-ring (bicyclic) bond motifs is 1. The summed E-state index contributed by atoms with van der Waals surface area (Å²) in [4.78, 5) is 18.1. The average Bonchev–Trinajstić information content (AvgIpc) is 2.46. The minimum absolute atomic E-state index is 0.445. The summed E-state index contributed by atoms with van der Waals surface area (Å²) in [5, 5.41) is 0.959. The van der Waals surface area contributed by atoms with Crippen LogP contribution in [0.25, 0.3) is 10.9 Å². The number of nitrogens with two attached hydrogens (primary N) is 1. The predicted molar refractivity (Wildman–Crippen MR) is 73.3 cm³/mol. The second-order valence-electron chi connectivity index (χ2n) is 4.50. The first-order valence-corrected chi connectivity index (χ1v) is 6.27. The second kappa shape index (κ2) is 4.85. The number of morpholine rings is 1. The summed E-state index contributed by atoms with van der Waals surface area (Å²) in [7, 11) is 0. The number of anilines is 1. The van der Waals surface area contributed by atoms with Crippen molar-refractivity contribution >= 4 is 22.5 Å². The molecule has 2 aromatic rings. The molecular weight excluding hydrogens is 242 g/mol. The van der Waals surface area contributed by atoms with Gasteiger partial charge in [0.15, 0.2) is 0 Å². The summed E-state index contributed by atoms with van der Waals surface area (Å²) in [6, 6.07) is 7.78. The van der Waals surface area contributed by atoms with Crippen molar-refractivity contribution in [2.75, 3.05) is 31.2 Å². The van der Waals surface area contributed by atoms with E-state index in [4.69, 9.17) is 10.5 Å². The molecule has 5 nitrogen and oxygen atoms in total. The highest BCUT2D eigenvalue weighted by Gasteiger charge is 2.20. The van der Waals surface area contributed by atoms with Crippen LogP contribution in [-0.4, -0.2) is 37.2 Å². The van der Waals surface area contributed by atoms with Crippen LogP contribution in [0, 0.1) is 0 Å². The molecule has 98 valence electrons. The number of aromatic nitrogens is 1. The summed E-state index contributed by atoms with van der Waals surface area (Å²) >= 11 is 0. The molecule has 5 heteroatoms. The van der Waals surface area contributed by atoms with E-state index in [9.17, 15) is 4.79 Å². The van der Waals surface area contributed by atoms with Crippen LogP contribution in [0.15, 0.2) is 30.5 Å². The van der Waals surface area contributed by atoms with E-state index in [0.29, 0.717) is 18.8 Å². The van der Waals surface area contributed by atoms with Gasteiger partial charge in [0.25, 0.3) is 5.91 Å². The van der Waals surface area contributed by atoms with Gasteiger partial charge in [-0.1, -0.05) is 18.2 Å². The van der Waals surface area contributed by atoms with Gasteiger partial charge in [0, 0.05) is 24.7 Å². The highest BCUT2D eigenvalue weighted by molar-refractivity contribution is 6.06. The lowest BCUT2D eigenvalue weighted by molar-refractivity contribution is 0.0998. The number of rotatable bonds is 2. The Hall–Kier alpha value is -2.14. The van der Waals surface area contributed by atoms with Gasteiger partial charge in [-0.2, -0.15) is 0 Å². The van der Waals surface area contributed by atoms with Crippen LogP contribution < -0.4 is 10.6 Å². The van der Waals surface area contributed by atoms with E-state index >= 15 is 0 Å². The minimum Gasteiger partial charge on any atom is -0.378 e. The number of pyridine rings is 1. The molecule has 0 radical (unpaired) electrons. The maximum atomic E-state index is 11.6. The molecule has 1 saturated heterocycles. The molecule has 0 unspecified atom stereocenters. The Bertz CT molecular complexity index is 621. The highest BCUT2D eigenvalue weighted by Crippen LogP contribution is 2.29. The largest absolute Gasteiger partial charge is 0.378 e. The number of carbonyl (C=O) groups is 1. The maximum Gasteiger partial charge on any atom is 0.252 e. The Kier molecular flexibility index (Phi) is 3.05. The van der Waals surface area contributed by atoms with Gasteiger partial charge in [-0.3, -0.25) is 9.78 Å². The van der Waals surface area contributed by atoms with Gasteiger partial charge >= 0.3 is 0 Å². The summed E-state index contributed by atoms with van der Waals surface area (Å²) in [6.45, 7) is 2.84. The van der Waals surface area contributed by atoms with Crippen molar-refractivity contribution in [1.82, 2.24) is 4.98 Å². The molecule has 0 atom stereocenters. The SMILES string of the molecule is NC(=O)c1cnc2ccccc2c1N1CCOCC1. The molecule has 3 rings (SSSR count). The number of amides is 1. The molecular formula is C14H15N3O2. The maximum absolute atomic E-state index is 11.6. The molecule has 1 aromatic heterocycles. The monoisotopic (exact) mass is 257 g/mol. The molecule has 1 amide bonds. The lowest BCUT2D eigenvalue weighted by Gasteiger charge is -2.31. The Balaban J connectivity index is 2.21. The smallest absolute Gasteiger partial charge is 0.252 e. The fourth-order valence-electron chi connectivity index (χ4n) is 2.43. The van der Waals surface area contributed by atoms with Crippen LogP contribution in [0.5, 0.6) is 0 Å². The number of para-hydroxylation sites is 1. The van der Waals surface area contributed by atoms with E-state index in [1.807, 2.05) is 24.3 Å². The number of ether oxygens (including phenoxy) is 1. The van der Waals surface area contributed by atoms with E-state index in [2.05, 4.69) is 9.88 Å². The highest BCUT2D eigenvalue weighted by atomic mass is 16.5. The Morgan fingerprint density at radius 1 is 1.26 bits per heavy atom. The molecule has 0 bridgehead atoms. The number of hydrogen-bond donors (Lipinski definition) is 1. The number of hydrogen-bond acceptors (Lipinski definition) is 4. The van der Waals surface area contributed by atoms with Crippen molar-refractivity contribution in [3.05, 3.63) is 36.0 Å². The lowest BCUT2D eigenvalue weighted by Crippen LogP contribution is -2.37. The third-order valence-electron chi connectivity index (χ3n) is 3.34. The standard InChI is InChI=1S/C14H15N3O2/c15-14(18)11-9-16-12-4-2-1-3-10(12)13(11)17-5-7-19-8-6-17/h1-4,9H,5-8H2,(H2,15,18). The van der Waals surface area contributed by atoms with E-state index < -0.39 is 5.91 Å². The van der Waals surface area contributed by atoms with Gasteiger partial charge in [0.05, 0.1) is 30.0 Å².